The maximum absolute atomic E-state index is 13.8. The summed E-state index contributed by atoms with van der Waals surface area (Å²) in [5.74, 6) is -3.17. The molecule has 3 rings (SSSR count). The van der Waals surface area contributed by atoms with Gasteiger partial charge in [-0.2, -0.15) is 0 Å². The van der Waals surface area contributed by atoms with E-state index >= 15 is 0 Å². The highest BCUT2D eigenvalue weighted by molar-refractivity contribution is 6.06. The first-order valence-electron chi connectivity index (χ1n) is 9.03. The molecule has 146 valence electrons. The highest BCUT2D eigenvalue weighted by Crippen LogP contribution is 2.20. The van der Waals surface area contributed by atoms with Crippen molar-refractivity contribution in [1.82, 2.24) is 14.7 Å². The van der Waals surface area contributed by atoms with Crippen LogP contribution in [0.5, 0.6) is 0 Å². The predicted molar refractivity (Wildman–Crippen MR) is 101 cm³/mol. The van der Waals surface area contributed by atoms with E-state index in [1.807, 2.05) is 0 Å². The Kier molecular flexibility index (Phi) is 5.98. The van der Waals surface area contributed by atoms with Gasteiger partial charge in [0.1, 0.15) is 17.3 Å². The van der Waals surface area contributed by atoms with Gasteiger partial charge in [-0.3, -0.25) is 14.0 Å². The van der Waals surface area contributed by atoms with Gasteiger partial charge < -0.3 is 10.6 Å². The second-order valence-corrected chi connectivity index (χ2v) is 6.25. The Morgan fingerprint density at radius 1 is 1.04 bits per heavy atom. The van der Waals surface area contributed by atoms with Crippen LogP contribution in [-0.2, 0) is 0 Å². The lowest BCUT2D eigenvalue weighted by Gasteiger charge is -2.06. The van der Waals surface area contributed by atoms with Gasteiger partial charge in [-0.15, -0.1) is 0 Å². The molecule has 0 aliphatic rings. The molecule has 8 heteroatoms. The van der Waals surface area contributed by atoms with Crippen molar-refractivity contribution in [2.45, 2.75) is 26.2 Å². The van der Waals surface area contributed by atoms with Gasteiger partial charge in [-0.05, 0) is 30.7 Å². The molecule has 0 spiro atoms. The molecule has 2 N–H and O–H groups in total. The van der Waals surface area contributed by atoms with Crippen molar-refractivity contribution in [3.8, 4) is 0 Å². The molecule has 2 aromatic heterocycles. The van der Waals surface area contributed by atoms with Gasteiger partial charge >= 0.3 is 0 Å². The number of halogens is 2. The van der Waals surface area contributed by atoms with Crippen LogP contribution in [0.3, 0.4) is 0 Å². The lowest BCUT2D eigenvalue weighted by Crippen LogP contribution is -2.25. The number of benzene rings is 1. The van der Waals surface area contributed by atoms with Crippen molar-refractivity contribution in [3.63, 3.8) is 0 Å². The number of nitrogens with zero attached hydrogens (tertiary/aromatic N) is 2. The summed E-state index contributed by atoms with van der Waals surface area (Å²) in [6.45, 7) is 2.56. The van der Waals surface area contributed by atoms with Crippen LogP contribution in [0.4, 0.5) is 14.5 Å². The number of anilines is 1. The minimum atomic E-state index is -0.900. The van der Waals surface area contributed by atoms with E-state index in [1.165, 1.54) is 10.5 Å². The van der Waals surface area contributed by atoms with Gasteiger partial charge in [0.25, 0.3) is 11.8 Å². The number of amides is 2. The number of imidazole rings is 1. The van der Waals surface area contributed by atoms with E-state index in [4.69, 9.17) is 0 Å². The Morgan fingerprint density at radius 3 is 2.50 bits per heavy atom. The molecule has 28 heavy (non-hydrogen) atoms. The molecule has 2 heterocycles. The third kappa shape index (κ3) is 4.00. The van der Waals surface area contributed by atoms with E-state index in [1.54, 1.807) is 24.4 Å². The van der Waals surface area contributed by atoms with Gasteiger partial charge in [0.15, 0.2) is 5.69 Å². The number of hydrogen-bond acceptors (Lipinski definition) is 3. The van der Waals surface area contributed by atoms with Gasteiger partial charge in [0.2, 0.25) is 5.82 Å². The summed E-state index contributed by atoms with van der Waals surface area (Å²) in [4.78, 5) is 29.2. The second-order valence-electron chi connectivity index (χ2n) is 6.25. The Hall–Kier alpha value is -3.29. The summed E-state index contributed by atoms with van der Waals surface area (Å²) < 4.78 is 29.1. The third-order valence-electron chi connectivity index (χ3n) is 4.23. The quantitative estimate of drug-likeness (QED) is 0.607. The smallest absolute Gasteiger partial charge is 0.292 e. The minimum absolute atomic E-state index is 0.0799. The number of carbonyl (C=O) groups is 2. The van der Waals surface area contributed by atoms with Gasteiger partial charge in [-0.1, -0.05) is 31.9 Å². The molecule has 0 aliphatic heterocycles. The van der Waals surface area contributed by atoms with Crippen molar-refractivity contribution in [2.75, 3.05) is 11.9 Å². The van der Waals surface area contributed by atoms with E-state index in [2.05, 4.69) is 22.5 Å². The molecule has 0 radical (unpaired) electrons. The molecule has 0 saturated carbocycles. The molecule has 0 unspecified atom stereocenters. The van der Waals surface area contributed by atoms with Crippen LogP contribution in [-0.4, -0.2) is 27.7 Å². The zero-order valence-electron chi connectivity index (χ0n) is 15.3. The maximum atomic E-state index is 13.8. The summed E-state index contributed by atoms with van der Waals surface area (Å²) >= 11 is 0. The molecule has 2 amide bonds. The number of nitrogens with one attached hydrogen (secondary N) is 2. The zero-order valence-corrected chi connectivity index (χ0v) is 15.3. The minimum Gasteiger partial charge on any atom is -0.351 e. The number of para-hydroxylation sites is 1. The van der Waals surface area contributed by atoms with Crippen molar-refractivity contribution >= 4 is 23.0 Å². The van der Waals surface area contributed by atoms with Crippen molar-refractivity contribution in [3.05, 3.63) is 65.7 Å². The van der Waals surface area contributed by atoms with Crippen LogP contribution in [0.1, 0.15) is 47.3 Å². The lowest BCUT2D eigenvalue weighted by molar-refractivity contribution is 0.0950. The van der Waals surface area contributed by atoms with Crippen LogP contribution >= 0.6 is 0 Å². The topological polar surface area (TPSA) is 75.5 Å². The Morgan fingerprint density at radius 2 is 1.79 bits per heavy atom. The number of unbranched alkanes of at least 4 members (excludes halogenated alkanes) is 2. The Balaban J connectivity index is 1.89. The zero-order chi connectivity index (χ0) is 20.1. The van der Waals surface area contributed by atoms with Crippen LogP contribution < -0.4 is 10.6 Å². The predicted octanol–water partition coefficient (Wildman–Crippen LogP) is 3.78. The second kappa shape index (κ2) is 8.60. The molecule has 0 saturated heterocycles. The molecule has 0 bridgehead atoms. The van der Waals surface area contributed by atoms with Crippen molar-refractivity contribution in [2.24, 2.45) is 0 Å². The molecule has 0 fully saturated rings. The largest absolute Gasteiger partial charge is 0.351 e. The summed E-state index contributed by atoms with van der Waals surface area (Å²) in [6, 6.07) is 8.30. The fourth-order valence-electron chi connectivity index (χ4n) is 2.81. The average molecular weight is 386 g/mol. The molecule has 0 atom stereocenters. The van der Waals surface area contributed by atoms with E-state index in [0.717, 1.165) is 31.4 Å². The highest BCUT2D eigenvalue weighted by atomic mass is 19.1. The summed E-state index contributed by atoms with van der Waals surface area (Å²) in [6.07, 6.45) is 4.42. The van der Waals surface area contributed by atoms with E-state index in [-0.39, 0.29) is 11.5 Å². The molecule has 0 aliphatic carbocycles. The summed E-state index contributed by atoms with van der Waals surface area (Å²) in [7, 11) is 0. The first kappa shape index (κ1) is 19.5. The highest BCUT2D eigenvalue weighted by Gasteiger charge is 2.22. The van der Waals surface area contributed by atoms with E-state index in [9.17, 15) is 18.4 Å². The Bertz CT molecular complexity index is 996. The Labute approximate surface area is 160 Å². The number of aromatic nitrogens is 2. The summed E-state index contributed by atoms with van der Waals surface area (Å²) in [5.41, 5.74) is -0.0587. The molecular weight excluding hydrogens is 366 g/mol. The van der Waals surface area contributed by atoms with Crippen molar-refractivity contribution < 1.29 is 18.4 Å². The summed E-state index contributed by atoms with van der Waals surface area (Å²) in [5, 5.41) is 4.97. The number of rotatable bonds is 7. The first-order valence-corrected chi connectivity index (χ1v) is 9.03. The van der Waals surface area contributed by atoms with Gasteiger partial charge in [0.05, 0.1) is 5.52 Å². The van der Waals surface area contributed by atoms with Crippen molar-refractivity contribution in [1.29, 1.82) is 0 Å². The average Bonchev–Trinajstić information content (AvgIpc) is 3.08. The standard InChI is InChI=1S/C20H20F2N4O2/c1-2-3-5-11-23-19(27)17-15-10-4-6-12-26(15)18(24-17)20(28)25-16-13(21)8-7-9-14(16)22/h4,6-10,12H,2-3,5,11H2,1H3,(H,23,27)(H,25,28). The number of pyridine rings is 1. The van der Waals surface area contributed by atoms with E-state index < -0.39 is 29.1 Å². The number of hydrogen-bond donors (Lipinski definition) is 2. The number of carbonyl (C=O) groups excluding carboxylic acids is 2. The monoisotopic (exact) mass is 386 g/mol. The van der Waals surface area contributed by atoms with Crippen LogP contribution in [0.15, 0.2) is 42.6 Å². The van der Waals surface area contributed by atoms with Crippen LogP contribution in [0.25, 0.3) is 5.52 Å². The SMILES string of the molecule is CCCCCNC(=O)c1nc(C(=O)Nc2c(F)cccc2F)n2ccccc12. The molecule has 3 aromatic rings. The van der Waals surface area contributed by atoms with Gasteiger partial charge in [-0.25, -0.2) is 13.8 Å². The maximum Gasteiger partial charge on any atom is 0.292 e. The van der Waals surface area contributed by atoms with E-state index in [0.29, 0.717) is 12.1 Å². The molecule has 6 nitrogen and oxygen atoms in total. The lowest BCUT2D eigenvalue weighted by atomic mass is 10.2. The first-order chi connectivity index (χ1) is 13.5. The van der Waals surface area contributed by atoms with Crippen LogP contribution in [0, 0.1) is 11.6 Å². The molecular formula is C20H20F2N4O2. The molecule has 1 aromatic carbocycles. The fraction of sp³-hybridized carbons (Fsp3) is 0.250. The van der Waals surface area contributed by atoms with Gasteiger partial charge in [0, 0.05) is 12.7 Å². The van der Waals surface area contributed by atoms with Crippen LogP contribution in [0.2, 0.25) is 0 Å². The fourth-order valence-corrected chi connectivity index (χ4v) is 2.81. The number of fused-ring (bicyclic) bond motifs is 1. The third-order valence-corrected chi connectivity index (χ3v) is 4.23. The normalized spacial score (nSPS) is 10.8.